The molecule has 0 aliphatic rings. The Hall–Kier alpha value is -3.03. The number of ether oxygens (including phenoxy) is 1. The molecule has 1 heterocycles. The summed E-state index contributed by atoms with van der Waals surface area (Å²) in [5, 5.41) is 19.5. The highest BCUT2D eigenvalue weighted by atomic mass is 19.1. The summed E-state index contributed by atoms with van der Waals surface area (Å²) in [5.74, 6) is -2.52. The average Bonchev–Trinajstić information content (AvgIpc) is 2.38. The first-order valence-electron chi connectivity index (χ1n) is 5.28. The van der Waals surface area contributed by atoms with Crippen LogP contribution in [-0.2, 0) is 0 Å². The molecule has 20 heavy (non-hydrogen) atoms. The van der Waals surface area contributed by atoms with Crippen molar-refractivity contribution in [3.8, 4) is 11.5 Å². The average molecular weight is 278 g/mol. The topological polar surface area (TPSA) is 103 Å². The van der Waals surface area contributed by atoms with Crippen molar-refractivity contribution in [3.63, 3.8) is 0 Å². The fraction of sp³-hybridized carbons (Fsp3) is 0. The molecule has 0 aliphatic heterocycles. The molecule has 2 rings (SSSR count). The molecule has 2 aromatic rings. The molecule has 1 N–H and O–H groups in total. The van der Waals surface area contributed by atoms with Gasteiger partial charge in [-0.25, -0.2) is 14.2 Å². The third kappa shape index (κ3) is 2.86. The van der Waals surface area contributed by atoms with Gasteiger partial charge in [-0.2, -0.15) is 0 Å². The summed E-state index contributed by atoms with van der Waals surface area (Å²) in [7, 11) is 0. The molecule has 0 aliphatic carbocycles. The molecule has 0 amide bonds. The normalized spacial score (nSPS) is 10.1. The van der Waals surface area contributed by atoms with E-state index in [1.807, 2.05) is 0 Å². The number of carbonyl (C=O) groups is 1. The van der Waals surface area contributed by atoms with Gasteiger partial charge in [0.1, 0.15) is 11.6 Å². The Morgan fingerprint density at radius 1 is 1.40 bits per heavy atom. The summed E-state index contributed by atoms with van der Waals surface area (Å²) in [4.78, 5) is 24.4. The second-order valence-corrected chi connectivity index (χ2v) is 3.66. The Morgan fingerprint density at radius 2 is 2.15 bits per heavy atom. The van der Waals surface area contributed by atoms with E-state index >= 15 is 0 Å². The smallest absolute Gasteiger partial charge is 0.358 e. The zero-order valence-corrected chi connectivity index (χ0v) is 9.82. The van der Waals surface area contributed by atoms with Gasteiger partial charge in [0.25, 0.3) is 5.69 Å². The fourth-order valence-corrected chi connectivity index (χ4v) is 1.47. The highest BCUT2D eigenvalue weighted by Crippen LogP contribution is 2.28. The van der Waals surface area contributed by atoms with Gasteiger partial charge in [0.2, 0.25) is 0 Å². The van der Waals surface area contributed by atoms with Gasteiger partial charge in [-0.05, 0) is 12.1 Å². The zero-order valence-electron chi connectivity index (χ0n) is 9.82. The van der Waals surface area contributed by atoms with Gasteiger partial charge in [-0.15, -0.1) is 0 Å². The molecule has 0 spiro atoms. The second kappa shape index (κ2) is 5.31. The van der Waals surface area contributed by atoms with Crippen molar-refractivity contribution in [2.45, 2.75) is 0 Å². The monoisotopic (exact) mass is 278 g/mol. The molecule has 1 aromatic heterocycles. The first kappa shape index (κ1) is 13.4. The van der Waals surface area contributed by atoms with E-state index in [9.17, 15) is 19.3 Å². The first-order valence-corrected chi connectivity index (χ1v) is 5.28. The summed E-state index contributed by atoms with van der Waals surface area (Å²) in [6.45, 7) is 0. The standard InChI is InChI=1S/C12H7FN2O5/c13-7-4-8(15(18)19)6-9(5-7)20-10-2-1-3-14-11(10)12(16)17/h1-6H,(H,16,17). The Morgan fingerprint density at radius 3 is 2.80 bits per heavy atom. The van der Waals surface area contributed by atoms with Crippen LogP contribution in [0.5, 0.6) is 11.5 Å². The number of halogens is 1. The van der Waals surface area contributed by atoms with Crippen LogP contribution in [0.4, 0.5) is 10.1 Å². The van der Waals surface area contributed by atoms with E-state index in [0.717, 1.165) is 18.2 Å². The SMILES string of the molecule is O=C(O)c1ncccc1Oc1cc(F)cc([N+](=O)[O-])c1. The van der Waals surface area contributed by atoms with Crippen LogP contribution < -0.4 is 4.74 Å². The quantitative estimate of drug-likeness (QED) is 0.681. The van der Waals surface area contributed by atoms with Crippen LogP contribution in [0.2, 0.25) is 0 Å². The molecule has 0 fully saturated rings. The number of hydrogen-bond donors (Lipinski definition) is 1. The minimum absolute atomic E-state index is 0.139. The minimum Gasteiger partial charge on any atom is -0.476 e. The number of hydrogen-bond acceptors (Lipinski definition) is 5. The maximum atomic E-state index is 13.2. The molecule has 7 nitrogen and oxygen atoms in total. The molecule has 1 aromatic carbocycles. The number of aromatic nitrogens is 1. The van der Waals surface area contributed by atoms with Crippen molar-refractivity contribution in [1.29, 1.82) is 0 Å². The number of carboxylic acids is 1. The number of aromatic carboxylic acids is 1. The molecule has 8 heteroatoms. The number of non-ortho nitro benzene ring substituents is 1. The highest BCUT2D eigenvalue weighted by molar-refractivity contribution is 5.88. The van der Waals surface area contributed by atoms with Crippen molar-refractivity contribution in [3.05, 3.63) is 58.2 Å². The van der Waals surface area contributed by atoms with E-state index in [2.05, 4.69) is 4.98 Å². The molecule has 0 bridgehead atoms. The Labute approximate surface area is 111 Å². The summed E-state index contributed by atoms with van der Waals surface area (Å²) in [6.07, 6.45) is 1.25. The number of rotatable bonds is 4. The van der Waals surface area contributed by atoms with E-state index in [1.54, 1.807) is 0 Å². The first-order chi connectivity index (χ1) is 9.47. The predicted molar refractivity (Wildman–Crippen MR) is 64.3 cm³/mol. The zero-order chi connectivity index (χ0) is 14.7. The van der Waals surface area contributed by atoms with E-state index in [4.69, 9.17) is 9.84 Å². The van der Waals surface area contributed by atoms with Gasteiger partial charge in [0.15, 0.2) is 11.4 Å². The van der Waals surface area contributed by atoms with Crippen molar-refractivity contribution in [2.75, 3.05) is 0 Å². The molecule has 0 radical (unpaired) electrons. The Balaban J connectivity index is 2.40. The number of nitro benzene ring substituents is 1. The van der Waals surface area contributed by atoms with E-state index in [1.165, 1.54) is 18.3 Å². The van der Waals surface area contributed by atoms with E-state index in [-0.39, 0.29) is 17.2 Å². The fourth-order valence-electron chi connectivity index (χ4n) is 1.47. The molecular weight excluding hydrogens is 271 g/mol. The van der Waals surface area contributed by atoms with Gasteiger partial charge >= 0.3 is 5.97 Å². The van der Waals surface area contributed by atoms with Crippen LogP contribution in [0.3, 0.4) is 0 Å². The molecule has 0 unspecified atom stereocenters. The summed E-state index contributed by atoms with van der Waals surface area (Å²) in [6, 6.07) is 5.37. The van der Waals surface area contributed by atoms with Gasteiger partial charge in [0.05, 0.1) is 17.1 Å². The number of pyridine rings is 1. The van der Waals surface area contributed by atoms with Gasteiger partial charge in [-0.3, -0.25) is 10.1 Å². The van der Waals surface area contributed by atoms with Crippen molar-refractivity contribution >= 4 is 11.7 Å². The molecule has 102 valence electrons. The lowest BCUT2D eigenvalue weighted by atomic mass is 10.3. The summed E-state index contributed by atoms with van der Waals surface area (Å²) in [5.41, 5.74) is -0.875. The van der Waals surface area contributed by atoms with Gasteiger partial charge in [-0.1, -0.05) is 0 Å². The van der Waals surface area contributed by atoms with Crippen LogP contribution in [-0.4, -0.2) is 21.0 Å². The van der Waals surface area contributed by atoms with E-state index in [0.29, 0.717) is 0 Å². The lowest BCUT2D eigenvalue weighted by Crippen LogP contribution is -2.03. The van der Waals surface area contributed by atoms with Crippen LogP contribution in [0.1, 0.15) is 10.5 Å². The van der Waals surface area contributed by atoms with Crippen LogP contribution >= 0.6 is 0 Å². The minimum atomic E-state index is -1.33. The largest absolute Gasteiger partial charge is 0.476 e. The maximum absolute atomic E-state index is 13.2. The van der Waals surface area contributed by atoms with Crippen LogP contribution in [0.25, 0.3) is 0 Å². The number of carboxylic acid groups (broad SMARTS) is 1. The molecule has 0 saturated heterocycles. The van der Waals surface area contributed by atoms with Crippen molar-refractivity contribution in [2.24, 2.45) is 0 Å². The maximum Gasteiger partial charge on any atom is 0.358 e. The summed E-state index contributed by atoms with van der Waals surface area (Å²) >= 11 is 0. The number of benzene rings is 1. The highest BCUT2D eigenvalue weighted by Gasteiger charge is 2.16. The van der Waals surface area contributed by atoms with Crippen LogP contribution in [0, 0.1) is 15.9 Å². The Bertz CT molecular complexity index is 689. The van der Waals surface area contributed by atoms with E-state index < -0.39 is 22.4 Å². The molecule has 0 saturated carbocycles. The third-order valence-corrected chi connectivity index (χ3v) is 2.27. The van der Waals surface area contributed by atoms with Crippen molar-refractivity contribution < 1.29 is 24.0 Å². The number of nitrogens with zero attached hydrogens (tertiary/aromatic N) is 2. The third-order valence-electron chi connectivity index (χ3n) is 2.27. The van der Waals surface area contributed by atoms with Crippen molar-refractivity contribution in [1.82, 2.24) is 4.98 Å². The van der Waals surface area contributed by atoms with Gasteiger partial charge < -0.3 is 9.84 Å². The van der Waals surface area contributed by atoms with Gasteiger partial charge in [0, 0.05) is 12.3 Å². The second-order valence-electron chi connectivity index (χ2n) is 3.66. The number of nitro groups is 1. The molecular formula is C12H7FN2O5. The lowest BCUT2D eigenvalue weighted by Gasteiger charge is -2.07. The Kier molecular flexibility index (Phi) is 3.56. The summed E-state index contributed by atoms with van der Waals surface area (Å²) < 4.78 is 18.4. The van der Waals surface area contributed by atoms with Crippen LogP contribution in [0.15, 0.2) is 36.5 Å². The lowest BCUT2D eigenvalue weighted by molar-refractivity contribution is -0.385. The molecule has 0 atom stereocenters. The predicted octanol–water partition coefficient (Wildman–Crippen LogP) is 2.62.